The van der Waals surface area contributed by atoms with E-state index in [-0.39, 0.29) is 30.6 Å². The SMILES string of the molecule is CC(C)OCC(=O)N1CCC(Oc2ccc(C(=O)NCc3ccc4nccn4c3)cc2)CC1. The number of imidazole rings is 1. The molecule has 0 aliphatic carbocycles. The second-order valence-electron chi connectivity index (χ2n) is 8.49. The molecule has 1 aliphatic rings. The van der Waals surface area contributed by atoms with Gasteiger partial charge in [0.1, 0.15) is 24.1 Å². The molecule has 1 aliphatic heterocycles. The van der Waals surface area contributed by atoms with Gasteiger partial charge in [-0.15, -0.1) is 0 Å². The molecule has 174 valence electrons. The topological polar surface area (TPSA) is 85.2 Å². The van der Waals surface area contributed by atoms with Crippen molar-refractivity contribution in [3.63, 3.8) is 0 Å². The summed E-state index contributed by atoms with van der Waals surface area (Å²) in [4.78, 5) is 30.7. The number of hydrogen-bond donors (Lipinski definition) is 1. The van der Waals surface area contributed by atoms with Crippen LogP contribution in [0.5, 0.6) is 5.75 Å². The van der Waals surface area contributed by atoms with E-state index >= 15 is 0 Å². The number of ether oxygens (including phenoxy) is 2. The fourth-order valence-electron chi connectivity index (χ4n) is 3.78. The molecule has 4 rings (SSSR count). The third-order valence-corrected chi connectivity index (χ3v) is 5.66. The fraction of sp³-hybridized carbons (Fsp3) is 0.400. The molecule has 0 bridgehead atoms. The molecule has 33 heavy (non-hydrogen) atoms. The maximum Gasteiger partial charge on any atom is 0.251 e. The molecule has 1 N–H and O–H groups in total. The van der Waals surface area contributed by atoms with E-state index in [0.717, 1.165) is 29.8 Å². The van der Waals surface area contributed by atoms with Gasteiger partial charge >= 0.3 is 0 Å². The van der Waals surface area contributed by atoms with Crippen LogP contribution in [0.4, 0.5) is 0 Å². The van der Waals surface area contributed by atoms with Crippen LogP contribution < -0.4 is 10.1 Å². The summed E-state index contributed by atoms with van der Waals surface area (Å²) in [6, 6.07) is 11.1. The Bertz CT molecular complexity index is 1090. The molecule has 1 aromatic carbocycles. The van der Waals surface area contributed by atoms with Gasteiger partial charge in [-0.3, -0.25) is 9.59 Å². The summed E-state index contributed by atoms with van der Waals surface area (Å²) in [6.45, 7) is 5.73. The first kappa shape index (κ1) is 22.8. The van der Waals surface area contributed by atoms with E-state index < -0.39 is 0 Å². The molecular weight excluding hydrogens is 420 g/mol. The highest BCUT2D eigenvalue weighted by atomic mass is 16.5. The number of likely N-dealkylation sites (tertiary alicyclic amines) is 1. The summed E-state index contributed by atoms with van der Waals surface area (Å²) in [5, 5.41) is 2.94. The van der Waals surface area contributed by atoms with Crippen LogP contribution in [0.1, 0.15) is 42.6 Å². The molecule has 0 saturated carbocycles. The molecule has 3 heterocycles. The number of carbonyl (C=O) groups is 2. The monoisotopic (exact) mass is 450 g/mol. The highest BCUT2D eigenvalue weighted by Gasteiger charge is 2.24. The predicted molar refractivity (Wildman–Crippen MR) is 124 cm³/mol. The summed E-state index contributed by atoms with van der Waals surface area (Å²) in [5.74, 6) is 0.621. The number of piperidine rings is 1. The molecule has 3 aromatic rings. The van der Waals surface area contributed by atoms with E-state index in [4.69, 9.17) is 9.47 Å². The van der Waals surface area contributed by atoms with Gasteiger partial charge in [-0.2, -0.15) is 0 Å². The first-order chi connectivity index (χ1) is 16.0. The summed E-state index contributed by atoms with van der Waals surface area (Å²) < 4.78 is 13.4. The molecule has 0 unspecified atom stereocenters. The zero-order valence-corrected chi connectivity index (χ0v) is 19.1. The first-order valence-electron chi connectivity index (χ1n) is 11.3. The quantitative estimate of drug-likeness (QED) is 0.570. The largest absolute Gasteiger partial charge is 0.490 e. The summed E-state index contributed by atoms with van der Waals surface area (Å²) in [5.41, 5.74) is 2.45. The molecule has 2 amide bonds. The minimum absolute atomic E-state index is 0.0301. The Morgan fingerprint density at radius 2 is 1.88 bits per heavy atom. The molecule has 1 saturated heterocycles. The van der Waals surface area contributed by atoms with Crippen molar-refractivity contribution in [2.75, 3.05) is 19.7 Å². The van der Waals surface area contributed by atoms with Crippen molar-refractivity contribution in [1.82, 2.24) is 19.6 Å². The van der Waals surface area contributed by atoms with E-state index in [9.17, 15) is 9.59 Å². The number of nitrogens with one attached hydrogen (secondary N) is 1. The number of pyridine rings is 1. The summed E-state index contributed by atoms with van der Waals surface area (Å²) >= 11 is 0. The molecule has 0 atom stereocenters. The van der Waals surface area contributed by atoms with Crippen molar-refractivity contribution in [1.29, 1.82) is 0 Å². The van der Waals surface area contributed by atoms with Crippen LogP contribution >= 0.6 is 0 Å². The highest BCUT2D eigenvalue weighted by Crippen LogP contribution is 2.20. The highest BCUT2D eigenvalue weighted by molar-refractivity contribution is 5.94. The van der Waals surface area contributed by atoms with Gasteiger partial charge in [0.05, 0.1) is 6.10 Å². The number of aromatic nitrogens is 2. The van der Waals surface area contributed by atoms with Gasteiger partial charge in [-0.05, 0) is 49.7 Å². The normalized spacial score (nSPS) is 14.6. The van der Waals surface area contributed by atoms with E-state index in [2.05, 4.69) is 10.3 Å². The standard InChI is InChI=1S/C25H30N4O4/c1-18(2)32-17-24(30)28-12-9-22(10-13-28)33-21-6-4-20(5-7-21)25(31)27-15-19-3-8-23-26-11-14-29(23)16-19/h3-8,11,14,16,18,22H,9-10,12-13,15,17H2,1-2H3,(H,27,31). The Labute approximate surface area is 193 Å². The average molecular weight is 451 g/mol. The zero-order chi connectivity index (χ0) is 23.2. The van der Waals surface area contributed by atoms with E-state index in [1.165, 1.54) is 0 Å². The lowest BCUT2D eigenvalue weighted by atomic mass is 10.1. The van der Waals surface area contributed by atoms with Gasteiger partial charge in [0, 0.05) is 56.6 Å². The van der Waals surface area contributed by atoms with Gasteiger partial charge in [-0.1, -0.05) is 6.07 Å². The molecule has 0 radical (unpaired) electrons. The molecule has 8 nitrogen and oxygen atoms in total. The van der Waals surface area contributed by atoms with Crippen LogP contribution in [0.3, 0.4) is 0 Å². The van der Waals surface area contributed by atoms with Crippen LogP contribution in [0, 0.1) is 0 Å². The zero-order valence-electron chi connectivity index (χ0n) is 19.1. The lowest BCUT2D eigenvalue weighted by molar-refractivity contribution is -0.139. The van der Waals surface area contributed by atoms with Gasteiger partial charge in [0.2, 0.25) is 5.91 Å². The molecular formula is C25H30N4O4. The van der Waals surface area contributed by atoms with Crippen LogP contribution in [-0.4, -0.2) is 58.0 Å². The number of fused-ring (bicyclic) bond motifs is 1. The number of nitrogens with zero attached hydrogens (tertiary/aromatic N) is 3. The third-order valence-electron chi connectivity index (χ3n) is 5.66. The van der Waals surface area contributed by atoms with Crippen LogP contribution in [-0.2, 0) is 16.1 Å². The maximum absolute atomic E-state index is 12.5. The van der Waals surface area contributed by atoms with Gasteiger partial charge in [0.25, 0.3) is 5.91 Å². The van der Waals surface area contributed by atoms with E-state index in [0.29, 0.717) is 25.2 Å². The Morgan fingerprint density at radius 3 is 2.61 bits per heavy atom. The number of carbonyl (C=O) groups excluding carboxylic acids is 2. The van der Waals surface area contributed by atoms with Gasteiger partial charge in [-0.25, -0.2) is 4.98 Å². The Morgan fingerprint density at radius 1 is 1.12 bits per heavy atom. The first-order valence-corrected chi connectivity index (χ1v) is 11.3. The third kappa shape index (κ3) is 6.10. The molecule has 0 spiro atoms. The lowest BCUT2D eigenvalue weighted by Gasteiger charge is -2.32. The van der Waals surface area contributed by atoms with Crippen molar-refractivity contribution in [2.24, 2.45) is 0 Å². The number of amides is 2. The Kier molecular flexibility index (Phi) is 7.24. The van der Waals surface area contributed by atoms with Crippen molar-refractivity contribution in [2.45, 2.75) is 45.4 Å². The smallest absolute Gasteiger partial charge is 0.251 e. The Balaban J connectivity index is 1.23. The predicted octanol–water partition coefficient (Wildman–Crippen LogP) is 3.06. The lowest BCUT2D eigenvalue weighted by Crippen LogP contribution is -2.43. The molecule has 8 heteroatoms. The molecule has 2 aromatic heterocycles. The van der Waals surface area contributed by atoms with Crippen LogP contribution in [0.15, 0.2) is 55.0 Å². The molecule has 1 fully saturated rings. The van der Waals surface area contributed by atoms with E-state index in [1.54, 1.807) is 18.3 Å². The van der Waals surface area contributed by atoms with Crippen molar-refractivity contribution >= 4 is 17.5 Å². The van der Waals surface area contributed by atoms with Crippen molar-refractivity contribution < 1.29 is 19.1 Å². The summed E-state index contributed by atoms with van der Waals surface area (Å²) in [6.07, 6.45) is 7.23. The van der Waals surface area contributed by atoms with Crippen LogP contribution in [0.25, 0.3) is 5.65 Å². The van der Waals surface area contributed by atoms with Crippen LogP contribution in [0.2, 0.25) is 0 Å². The number of benzene rings is 1. The van der Waals surface area contributed by atoms with E-state index in [1.807, 2.05) is 59.8 Å². The number of rotatable bonds is 8. The average Bonchev–Trinajstić information content (AvgIpc) is 3.30. The second kappa shape index (κ2) is 10.5. The maximum atomic E-state index is 12.5. The van der Waals surface area contributed by atoms with Gasteiger partial charge < -0.3 is 24.1 Å². The van der Waals surface area contributed by atoms with Gasteiger partial charge in [0.15, 0.2) is 0 Å². The Hall–Kier alpha value is -3.39. The van der Waals surface area contributed by atoms with Crippen molar-refractivity contribution in [3.8, 4) is 5.75 Å². The number of hydrogen-bond acceptors (Lipinski definition) is 5. The summed E-state index contributed by atoms with van der Waals surface area (Å²) in [7, 11) is 0. The fourth-order valence-corrected chi connectivity index (χ4v) is 3.78. The second-order valence-corrected chi connectivity index (χ2v) is 8.49. The van der Waals surface area contributed by atoms with Crippen molar-refractivity contribution in [3.05, 3.63) is 66.1 Å². The minimum Gasteiger partial charge on any atom is -0.490 e. The minimum atomic E-state index is -0.136.